The molecule has 0 aliphatic carbocycles. The standard InChI is InChI=1S/C12H20F3NO5/c1-19-8-6-16(5-3-11(18)20-2)10(17)4-7-21-9-12(13,14)15/h3-9H2,1-2H3. The van der Waals surface area contributed by atoms with Crippen LogP contribution in [-0.4, -0.2) is 70.1 Å². The molecule has 0 aromatic heterocycles. The minimum atomic E-state index is -4.41. The molecule has 0 aromatic carbocycles. The number of methoxy groups -OCH3 is 2. The van der Waals surface area contributed by atoms with Crippen molar-refractivity contribution in [1.82, 2.24) is 4.90 Å². The third-order valence-corrected chi connectivity index (χ3v) is 2.46. The van der Waals surface area contributed by atoms with Gasteiger partial charge in [0, 0.05) is 20.2 Å². The van der Waals surface area contributed by atoms with Crippen molar-refractivity contribution in [1.29, 1.82) is 0 Å². The van der Waals surface area contributed by atoms with Gasteiger partial charge >= 0.3 is 12.1 Å². The number of amides is 1. The van der Waals surface area contributed by atoms with Crippen LogP contribution in [0.25, 0.3) is 0 Å². The van der Waals surface area contributed by atoms with Crippen LogP contribution in [0.1, 0.15) is 12.8 Å². The second kappa shape index (κ2) is 10.4. The lowest BCUT2D eigenvalue weighted by Gasteiger charge is -2.22. The number of carbonyl (C=O) groups is 2. The number of hydrogen-bond donors (Lipinski definition) is 0. The van der Waals surface area contributed by atoms with Crippen molar-refractivity contribution in [2.24, 2.45) is 0 Å². The normalized spacial score (nSPS) is 11.3. The smallest absolute Gasteiger partial charge is 0.411 e. The molecule has 6 nitrogen and oxygen atoms in total. The summed E-state index contributed by atoms with van der Waals surface area (Å²) in [6.07, 6.45) is -4.60. The first-order valence-electron chi connectivity index (χ1n) is 6.28. The zero-order chi connectivity index (χ0) is 16.3. The molecule has 0 saturated heterocycles. The topological polar surface area (TPSA) is 65.1 Å². The minimum Gasteiger partial charge on any atom is -0.469 e. The van der Waals surface area contributed by atoms with E-state index in [-0.39, 0.29) is 39.1 Å². The Morgan fingerprint density at radius 1 is 1.05 bits per heavy atom. The third kappa shape index (κ3) is 11.0. The number of carbonyl (C=O) groups excluding carboxylic acids is 2. The van der Waals surface area contributed by atoms with Crippen LogP contribution in [0.15, 0.2) is 0 Å². The average Bonchev–Trinajstić information content (AvgIpc) is 2.42. The number of ether oxygens (including phenoxy) is 3. The first kappa shape index (κ1) is 19.7. The van der Waals surface area contributed by atoms with Gasteiger partial charge in [0.05, 0.1) is 33.2 Å². The molecule has 0 unspecified atom stereocenters. The summed E-state index contributed by atoms with van der Waals surface area (Å²) in [5.41, 5.74) is 0. The van der Waals surface area contributed by atoms with Crippen LogP contribution in [0.2, 0.25) is 0 Å². The summed E-state index contributed by atoms with van der Waals surface area (Å²) in [7, 11) is 2.68. The van der Waals surface area contributed by atoms with E-state index in [9.17, 15) is 22.8 Å². The van der Waals surface area contributed by atoms with Gasteiger partial charge in [-0.1, -0.05) is 0 Å². The van der Waals surface area contributed by atoms with Crippen LogP contribution >= 0.6 is 0 Å². The van der Waals surface area contributed by atoms with Crippen molar-refractivity contribution in [3.63, 3.8) is 0 Å². The van der Waals surface area contributed by atoms with Gasteiger partial charge in [0.1, 0.15) is 6.61 Å². The van der Waals surface area contributed by atoms with Crippen molar-refractivity contribution in [2.75, 3.05) is 47.1 Å². The van der Waals surface area contributed by atoms with Gasteiger partial charge in [-0.3, -0.25) is 9.59 Å². The maximum absolute atomic E-state index is 11.9. The summed E-state index contributed by atoms with van der Waals surface area (Å²) in [6, 6.07) is 0. The molecule has 0 N–H and O–H groups in total. The first-order valence-corrected chi connectivity index (χ1v) is 6.28. The third-order valence-electron chi connectivity index (χ3n) is 2.46. The highest BCUT2D eigenvalue weighted by atomic mass is 19.4. The Balaban J connectivity index is 4.15. The summed E-state index contributed by atoms with van der Waals surface area (Å²) in [5, 5.41) is 0. The fourth-order valence-electron chi connectivity index (χ4n) is 1.40. The average molecular weight is 315 g/mol. The molecule has 0 aliphatic rings. The van der Waals surface area contributed by atoms with Crippen LogP contribution < -0.4 is 0 Å². The van der Waals surface area contributed by atoms with Crippen molar-refractivity contribution in [2.45, 2.75) is 19.0 Å². The summed E-state index contributed by atoms with van der Waals surface area (Å²) in [4.78, 5) is 24.2. The number of nitrogens with zero attached hydrogens (tertiary/aromatic N) is 1. The van der Waals surface area contributed by atoms with Crippen LogP contribution in [0, 0.1) is 0 Å². The van der Waals surface area contributed by atoms with Gasteiger partial charge in [-0.2, -0.15) is 13.2 Å². The summed E-state index contributed by atoms with van der Waals surface area (Å²) >= 11 is 0. The summed E-state index contributed by atoms with van der Waals surface area (Å²) in [5.74, 6) is -0.878. The highest BCUT2D eigenvalue weighted by Gasteiger charge is 2.27. The van der Waals surface area contributed by atoms with Gasteiger partial charge in [0.2, 0.25) is 5.91 Å². The molecule has 0 atom stereocenters. The Labute approximate surface area is 121 Å². The predicted molar refractivity (Wildman–Crippen MR) is 66.6 cm³/mol. The molecule has 0 heterocycles. The zero-order valence-electron chi connectivity index (χ0n) is 12.1. The second-order valence-electron chi connectivity index (χ2n) is 4.12. The van der Waals surface area contributed by atoms with Gasteiger partial charge in [-0.15, -0.1) is 0 Å². The fraction of sp³-hybridized carbons (Fsp3) is 0.833. The van der Waals surface area contributed by atoms with Gasteiger partial charge in [-0.05, 0) is 0 Å². The molecule has 0 spiro atoms. The molecular formula is C12H20F3NO5. The molecule has 124 valence electrons. The molecule has 0 fully saturated rings. The van der Waals surface area contributed by atoms with Crippen molar-refractivity contribution in [3.8, 4) is 0 Å². The van der Waals surface area contributed by atoms with Crippen LogP contribution in [0.4, 0.5) is 13.2 Å². The van der Waals surface area contributed by atoms with Crippen LogP contribution in [0.5, 0.6) is 0 Å². The Morgan fingerprint density at radius 2 is 1.71 bits per heavy atom. The van der Waals surface area contributed by atoms with E-state index in [0.29, 0.717) is 0 Å². The van der Waals surface area contributed by atoms with E-state index in [1.165, 1.54) is 19.1 Å². The van der Waals surface area contributed by atoms with E-state index >= 15 is 0 Å². The lowest BCUT2D eigenvalue weighted by molar-refractivity contribution is -0.175. The number of halogens is 3. The molecule has 0 aliphatic heterocycles. The van der Waals surface area contributed by atoms with Gasteiger partial charge in [-0.25, -0.2) is 0 Å². The van der Waals surface area contributed by atoms with Crippen molar-refractivity contribution >= 4 is 11.9 Å². The SMILES string of the molecule is COCCN(CCC(=O)OC)C(=O)CCOCC(F)(F)F. The fourth-order valence-corrected chi connectivity index (χ4v) is 1.40. The van der Waals surface area contributed by atoms with Gasteiger partial charge in [0.25, 0.3) is 0 Å². The van der Waals surface area contributed by atoms with Crippen LogP contribution in [-0.2, 0) is 23.8 Å². The predicted octanol–water partition coefficient (Wildman–Crippen LogP) is 0.993. The molecule has 0 saturated carbocycles. The van der Waals surface area contributed by atoms with Crippen molar-refractivity contribution < 1.29 is 37.0 Å². The highest BCUT2D eigenvalue weighted by molar-refractivity contribution is 5.77. The lowest BCUT2D eigenvalue weighted by Crippen LogP contribution is -2.36. The van der Waals surface area contributed by atoms with Gasteiger partial charge in [0.15, 0.2) is 0 Å². The Morgan fingerprint density at radius 3 is 2.24 bits per heavy atom. The zero-order valence-corrected chi connectivity index (χ0v) is 12.1. The Kier molecular flexibility index (Phi) is 9.72. The molecule has 1 amide bonds. The lowest BCUT2D eigenvalue weighted by atomic mass is 10.3. The maximum atomic E-state index is 11.9. The largest absolute Gasteiger partial charge is 0.469 e. The first-order chi connectivity index (χ1) is 9.80. The number of hydrogen-bond acceptors (Lipinski definition) is 5. The number of rotatable bonds is 10. The number of alkyl halides is 3. The number of esters is 1. The summed E-state index contributed by atoms with van der Waals surface area (Å²) < 4.78 is 49.3. The molecule has 0 aromatic rings. The van der Waals surface area contributed by atoms with E-state index in [1.807, 2.05) is 0 Å². The Bertz CT molecular complexity index is 323. The maximum Gasteiger partial charge on any atom is 0.411 e. The molecule has 0 bridgehead atoms. The van der Waals surface area contributed by atoms with Crippen molar-refractivity contribution in [3.05, 3.63) is 0 Å². The summed E-state index contributed by atoms with van der Waals surface area (Å²) in [6.45, 7) is -1.10. The Hall–Kier alpha value is -1.35. The van der Waals surface area contributed by atoms with E-state index in [0.717, 1.165) is 0 Å². The monoisotopic (exact) mass is 315 g/mol. The molecule has 0 rings (SSSR count). The van der Waals surface area contributed by atoms with E-state index in [4.69, 9.17) is 4.74 Å². The van der Waals surface area contributed by atoms with Crippen LogP contribution in [0.3, 0.4) is 0 Å². The molecule has 21 heavy (non-hydrogen) atoms. The van der Waals surface area contributed by atoms with E-state index < -0.39 is 24.7 Å². The second-order valence-corrected chi connectivity index (χ2v) is 4.12. The quantitative estimate of drug-likeness (QED) is 0.444. The van der Waals surface area contributed by atoms with E-state index in [1.54, 1.807) is 0 Å². The molecular weight excluding hydrogens is 295 g/mol. The van der Waals surface area contributed by atoms with E-state index in [2.05, 4.69) is 9.47 Å². The van der Waals surface area contributed by atoms with Gasteiger partial charge < -0.3 is 19.1 Å². The molecule has 9 heteroatoms. The highest BCUT2D eigenvalue weighted by Crippen LogP contribution is 2.14. The molecule has 0 radical (unpaired) electrons. The minimum absolute atomic E-state index is 0.00929.